The molecular weight excluding hydrogens is 240 g/mol. The van der Waals surface area contributed by atoms with E-state index in [0.717, 1.165) is 25.7 Å². The van der Waals surface area contributed by atoms with E-state index in [-0.39, 0.29) is 18.4 Å². The van der Waals surface area contributed by atoms with Gasteiger partial charge in [0.25, 0.3) is 0 Å². The van der Waals surface area contributed by atoms with E-state index in [1.807, 2.05) is 0 Å². The van der Waals surface area contributed by atoms with Gasteiger partial charge in [0.05, 0.1) is 6.54 Å². The second-order valence-corrected chi connectivity index (χ2v) is 5.65. The van der Waals surface area contributed by atoms with Crippen LogP contribution in [-0.4, -0.2) is 24.4 Å². The molecule has 2 rings (SSSR count). The Kier molecular flexibility index (Phi) is 5.43. The summed E-state index contributed by atoms with van der Waals surface area (Å²) in [6.45, 7) is 0.117. The van der Waals surface area contributed by atoms with Gasteiger partial charge in [-0.3, -0.25) is 9.59 Å². The summed E-state index contributed by atoms with van der Waals surface area (Å²) in [5.41, 5.74) is 0. The number of amides is 2. The van der Waals surface area contributed by atoms with Gasteiger partial charge in [-0.25, -0.2) is 0 Å². The van der Waals surface area contributed by atoms with E-state index in [1.165, 1.54) is 19.3 Å². The van der Waals surface area contributed by atoms with Gasteiger partial charge >= 0.3 is 0 Å². The number of nitrogens with one attached hydrogen (secondary N) is 2. The molecule has 4 heteroatoms. The van der Waals surface area contributed by atoms with Crippen molar-refractivity contribution >= 4 is 11.8 Å². The Morgan fingerprint density at radius 2 is 1.84 bits per heavy atom. The summed E-state index contributed by atoms with van der Waals surface area (Å²) in [7, 11) is 0. The van der Waals surface area contributed by atoms with E-state index in [9.17, 15) is 9.59 Å². The molecule has 0 heterocycles. The predicted octanol–water partition coefficient (Wildman–Crippen LogP) is 1.91. The van der Waals surface area contributed by atoms with E-state index in [2.05, 4.69) is 22.8 Å². The standard InChI is InChI=1S/C15H24N2O2/c18-14(10-12-6-4-5-7-12)16-11-15(19)17-13-8-2-1-3-9-13/h4,6,12-13H,1-3,5,7-11H2,(H,16,18)(H,17,19). The smallest absolute Gasteiger partial charge is 0.239 e. The molecule has 1 saturated carbocycles. The van der Waals surface area contributed by atoms with Gasteiger partial charge in [-0.2, -0.15) is 0 Å². The van der Waals surface area contributed by atoms with Crippen LogP contribution in [0.4, 0.5) is 0 Å². The molecule has 2 aliphatic carbocycles. The molecule has 2 N–H and O–H groups in total. The van der Waals surface area contributed by atoms with Crippen molar-refractivity contribution in [1.29, 1.82) is 0 Å². The second kappa shape index (κ2) is 7.31. The van der Waals surface area contributed by atoms with Gasteiger partial charge in [0.1, 0.15) is 0 Å². The second-order valence-electron chi connectivity index (χ2n) is 5.65. The zero-order chi connectivity index (χ0) is 13.5. The maximum absolute atomic E-state index is 11.7. The lowest BCUT2D eigenvalue weighted by molar-refractivity contribution is -0.126. The Morgan fingerprint density at radius 1 is 1.05 bits per heavy atom. The van der Waals surface area contributed by atoms with Gasteiger partial charge in [-0.05, 0) is 31.6 Å². The van der Waals surface area contributed by atoms with Gasteiger partial charge in [-0.15, -0.1) is 0 Å². The summed E-state index contributed by atoms with van der Waals surface area (Å²) in [5, 5.41) is 5.71. The Morgan fingerprint density at radius 3 is 2.53 bits per heavy atom. The van der Waals surface area contributed by atoms with Gasteiger partial charge in [-0.1, -0.05) is 31.4 Å². The van der Waals surface area contributed by atoms with Crippen LogP contribution < -0.4 is 10.6 Å². The minimum atomic E-state index is -0.0535. The summed E-state index contributed by atoms with van der Waals surface area (Å²) in [5.74, 6) is 0.291. The summed E-state index contributed by atoms with van der Waals surface area (Å²) >= 11 is 0. The van der Waals surface area contributed by atoms with Crippen LogP contribution >= 0.6 is 0 Å². The van der Waals surface area contributed by atoms with Crippen LogP contribution in [0.3, 0.4) is 0 Å². The third kappa shape index (κ3) is 5.05. The largest absolute Gasteiger partial charge is 0.352 e. The van der Waals surface area contributed by atoms with E-state index >= 15 is 0 Å². The molecule has 0 radical (unpaired) electrons. The molecule has 2 amide bonds. The van der Waals surface area contributed by atoms with Gasteiger partial charge in [0, 0.05) is 12.5 Å². The third-order valence-electron chi connectivity index (χ3n) is 3.98. The average molecular weight is 264 g/mol. The summed E-state index contributed by atoms with van der Waals surface area (Å²) in [4.78, 5) is 23.4. The zero-order valence-electron chi connectivity index (χ0n) is 11.5. The van der Waals surface area contributed by atoms with Gasteiger partial charge < -0.3 is 10.6 Å². The maximum atomic E-state index is 11.7. The highest BCUT2D eigenvalue weighted by Crippen LogP contribution is 2.20. The highest BCUT2D eigenvalue weighted by molar-refractivity contribution is 5.84. The Hall–Kier alpha value is -1.32. The van der Waals surface area contributed by atoms with Crippen LogP contribution in [0, 0.1) is 5.92 Å². The molecule has 0 aromatic rings. The van der Waals surface area contributed by atoms with Crippen molar-refractivity contribution in [3.63, 3.8) is 0 Å². The first-order chi connectivity index (χ1) is 9.24. The van der Waals surface area contributed by atoms with Crippen LogP contribution in [0.2, 0.25) is 0 Å². The summed E-state index contributed by atoms with van der Waals surface area (Å²) in [6, 6.07) is 0.316. The topological polar surface area (TPSA) is 58.2 Å². The lowest BCUT2D eigenvalue weighted by atomic mass is 9.95. The van der Waals surface area contributed by atoms with Gasteiger partial charge in [0.2, 0.25) is 11.8 Å². The first-order valence-electron chi connectivity index (χ1n) is 7.47. The molecule has 0 aromatic carbocycles. The quantitative estimate of drug-likeness (QED) is 0.745. The molecule has 1 fully saturated rings. The predicted molar refractivity (Wildman–Crippen MR) is 74.5 cm³/mol. The molecule has 0 aliphatic heterocycles. The monoisotopic (exact) mass is 264 g/mol. The van der Waals surface area contributed by atoms with Crippen LogP contribution in [-0.2, 0) is 9.59 Å². The number of carbonyl (C=O) groups excluding carboxylic acids is 2. The molecule has 0 bridgehead atoms. The number of hydrogen-bond acceptors (Lipinski definition) is 2. The first-order valence-corrected chi connectivity index (χ1v) is 7.47. The fourth-order valence-corrected chi connectivity index (χ4v) is 2.88. The molecule has 0 spiro atoms. The molecule has 106 valence electrons. The Bertz CT molecular complexity index is 346. The van der Waals surface area contributed by atoms with E-state index in [4.69, 9.17) is 0 Å². The van der Waals surface area contributed by atoms with Crippen LogP contribution in [0.25, 0.3) is 0 Å². The number of hydrogen-bond donors (Lipinski definition) is 2. The summed E-state index contributed by atoms with van der Waals surface area (Å²) < 4.78 is 0. The third-order valence-corrected chi connectivity index (χ3v) is 3.98. The molecule has 1 atom stereocenters. The molecule has 4 nitrogen and oxygen atoms in total. The van der Waals surface area contributed by atoms with Crippen molar-refractivity contribution in [3.8, 4) is 0 Å². The van der Waals surface area contributed by atoms with Crippen molar-refractivity contribution in [3.05, 3.63) is 12.2 Å². The number of allylic oxidation sites excluding steroid dienone is 2. The molecule has 19 heavy (non-hydrogen) atoms. The van der Waals surface area contributed by atoms with E-state index in [0.29, 0.717) is 18.4 Å². The van der Waals surface area contributed by atoms with E-state index < -0.39 is 0 Å². The van der Waals surface area contributed by atoms with Gasteiger partial charge in [0.15, 0.2) is 0 Å². The summed E-state index contributed by atoms with van der Waals surface area (Å²) in [6.07, 6.45) is 12.7. The van der Waals surface area contributed by atoms with Crippen LogP contribution in [0.15, 0.2) is 12.2 Å². The molecular formula is C15H24N2O2. The van der Waals surface area contributed by atoms with Crippen molar-refractivity contribution in [2.75, 3.05) is 6.54 Å². The average Bonchev–Trinajstić information content (AvgIpc) is 2.90. The zero-order valence-corrected chi connectivity index (χ0v) is 11.5. The highest BCUT2D eigenvalue weighted by atomic mass is 16.2. The lowest BCUT2D eigenvalue weighted by Gasteiger charge is -2.22. The Labute approximate surface area is 115 Å². The highest BCUT2D eigenvalue weighted by Gasteiger charge is 2.17. The molecule has 1 unspecified atom stereocenters. The minimum Gasteiger partial charge on any atom is -0.352 e. The molecule has 2 aliphatic rings. The van der Waals surface area contributed by atoms with Crippen LogP contribution in [0.1, 0.15) is 51.4 Å². The normalized spacial score (nSPS) is 23.3. The number of rotatable bonds is 5. The Balaban J connectivity index is 1.59. The lowest BCUT2D eigenvalue weighted by Crippen LogP contribution is -2.42. The van der Waals surface area contributed by atoms with Crippen LogP contribution in [0.5, 0.6) is 0 Å². The SMILES string of the molecule is O=C(CC1C=CCC1)NCC(=O)NC1CCCCC1. The number of carbonyl (C=O) groups is 2. The first kappa shape index (κ1) is 14.1. The maximum Gasteiger partial charge on any atom is 0.239 e. The van der Waals surface area contributed by atoms with Crippen molar-refractivity contribution in [1.82, 2.24) is 10.6 Å². The van der Waals surface area contributed by atoms with Crippen molar-refractivity contribution in [2.45, 2.75) is 57.4 Å². The molecule has 0 aromatic heterocycles. The van der Waals surface area contributed by atoms with E-state index in [1.54, 1.807) is 0 Å². The minimum absolute atomic E-state index is 0.0182. The fourth-order valence-electron chi connectivity index (χ4n) is 2.88. The van der Waals surface area contributed by atoms with Crippen molar-refractivity contribution < 1.29 is 9.59 Å². The molecule has 0 saturated heterocycles. The fraction of sp³-hybridized carbons (Fsp3) is 0.733. The van der Waals surface area contributed by atoms with Crippen molar-refractivity contribution in [2.24, 2.45) is 5.92 Å².